The third-order valence-corrected chi connectivity index (χ3v) is 5.56. The zero-order valence-corrected chi connectivity index (χ0v) is 17.3. The molecule has 0 unspecified atom stereocenters. The second-order valence-corrected chi connectivity index (χ2v) is 7.61. The van der Waals surface area contributed by atoms with Crippen molar-refractivity contribution < 1.29 is 23.5 Å². The summed E-state index contributed by atoms with van der Waals surface area (Å²) in [5, 5.41) is 0. The zero-order valence-electron chi connectivity index (χ0n) is 17.3. The summed E-state index contributed by atoms with van der Waals surface area (Å²) >= 11 is 0. The molecule has 0 saturated carbocycles. The first kappa shape index (κ1) is 20.0. The van der Waals surface area contributed by atoms with Crippen molar-refractivity contribution in [3.8, 4) is 5.75 Å². The first-order valence-electron chi connectivity index (χ1n) is 10.1. The number of ether oxygens (including phenoxy) is 2. The van der Waals surface area contributed by atoms with Crippen LogP contribution in [0.3, 0.4) is 0 Å². The van der Waals surface area contributed by atoms with Crippen molar-refractivity contribution in [2.24, 2.45) is 0 Å². The van der Waals surface area contributed by atoms with Gasteiger partial charge in [-0.3, -0.25) is 4.79 Å². The first-order valence-corrected chi connectivity index (χ1v) is 10.1. The van der Waals surface area contributed by atoms with E-state index in [-0.39, 0.29) is 19.0 Å². The van der Waals surface area contributed by atoms with Gasteiger partial charge in [-0.1, -0.05) is 6.07 Å². The molecule has 0 atom stereocenters. The number of benzene rings is 1. The summed E-state index contributed by atoms with van der Waals surface area (Å²) in [5.74, 6) is 0.666. The summed E-state index contributed by atoms with van der Waals surface area (Å²) in [6.07, 6.45) is 4.93. The van der Waals surface area contributed by atoms with Crippen molar-refractivity contribution in [2.75, 3.05) is 13.2 Å². The Morgan fingerprint density at radius 2 is 1.90 bits per heavy atom. The standard InChI is InChI=1S/C24H25NO5/c1-16-11-22(17(2)25(16)13-21-7-4-10-28-21)23(26)14-30-24(27)15-29-20-9-8-18-5-3-6-19(18)12-20/h4,7-12H,3,5-6,13-15H2,1-2H3. The van der Waals surface area contributed by atoms with Crippen LogP contribution in [0.25, 0.3) is 0 Å². The lowest BCUT2D eigenvalue weighted by molar-refractivity contribution is -0.144. The smallest absolute Gasteiger partial charge is 0.344 e. The molecule has 0 bridgehead atoms. The van der Waals surface area contributed by atoms with Gasteiger partial charge in [0.25, 0.3) is 0 Å². The molecule has 1 aromatic carbocycles. The summed E-state index contributed by atoms with van der Waals surface area (Å²) < 4.78 is 18.1. The topological polar surface area (TPSA) is 70.7 Å². The monoisotopic (exact) mass is 407 g/mol. The lowest BCUT2D eigenvalue weighted by Gasteiger charge is -2.09. The summed E-state index contributed by atoms with van der Waals surface area (Å²) in [7, 11) is 0. The van der Waals surface area contributed by atoms with Gasteiger partial charge in [0.05, 0.1) is 12.8 Å². The number of aryl methyl sites for hydroxylation is 3. The van der Waals surface area contributed by atoms with E-state index in [2.05, 4.69) is 0 Å². The Hall–Kier alpha value is -3.28. The van der Waals surface area contributed by atoms with Gasteiger partial charge in [0.2, 0.25) is 5.78 Å². The molecule has 0 spiro atoms. The summed E-state index contributed by atoms with van der Waals surface area (Å²) in [5.41, 5.74) is 4.94. The normalized spacial score (nSPS) is 12.6. The fraction of sp³-hybridized carbons (Fsp3) is 0.333. The number of carbonyl (C=O) groups is 2. The van der Waals surface area contributed by atoms with Crippen LogP contribution in [0.1, 0.15) is 45.1 Å². The number of Topliss-reactive ketones (excluding diaryl/α,β-unsaturated/α-hetero) is 1. The van der Waals surface area contributed by atoms with E-state index in [0.29, 0.717) is 17.9 Å². The van der Waals surface area contributed by atoms with Gasteiger partial charge in [-0.05, 0) is 74.6 Å². The van der Waals surface area contributed by atoms with Crippen LogP contribution in [0.5, 0.6) is 5.75 Å². The fourth-order valence-electron chi connectivity index (χ4n) is 3.93. The van der Waals surface area contributed by atoms with Crippen LogP contribution in [-0.4, -0.2) is 29.5 Å². The number of rotatable bonds is 8. The Balaban J connectivity index is 1.30. The van der Waals surface area contributed by atoms with Crippen LogP contribution in [0.15, 0.2) is 47.1 Å². The molecule has 2 heterocycles. The van der Waals surface area contributed by atoms with Crippen LogP contribution >= 0.6 is 0 Å². The minimum Gasteiger partial charge on any atom is -0.482 e. The number of esters is 1. The molecule has 1 aliphatic carbocycles. The largest absolute Gasteiger partial charge is 0.482 e. The number of fused-ring (bicyclic) bond motifs is 1. The highest BCUT2D eigenvalue weighted by Crippen LogP contribution is 2.26. The first-order chi connectivity index (χ1) is 14.5. The van der Waals surface area contributed by atoms with Crippen LogP contribution < -0.4 is 4.74 Å². The Labute approximate surface area is 175 Å². The SMILES string of the molecule is Cc1cc(C(=O)COC(=O)COc2ccc3c(c2)CCC3)c(C)n1Cc1ccco1. The van der Waals surface area contributed by atoms with Crippen molar-refractivity contribution >= 4 is 11.8 Å². The molecule has 0 aliphatic heterocycles. The third-order valence-electron chi connectivity index (χ3n) is 5.56. The van der Waals surface area contributed by atoms with E-state index in [1.54, 1.807) is 6.26 Å². The van der Waals surface area contributed by atoms with Gasteiger partial charge in [0.15, 0.2) is 13.2 Å². The van der Waals surface area contributed by atoms with E-state index >= 15 is 0 Å². The molecule has 6 heteroatoms. The average molecular weight is 407 g/mol. The van der Waals surface area contributed by atoms with Crippen LogP contribution in [-0.2, 0) is 28.9 Å². The molecule has 3 aromatic rings. The number of furan rings is 1. The van der Waals surface area contributed by atoms with E-state index in [1.165, 1.54) is 11.1 Å². The third kappa shape index (κ3) is 4.32. The number of aromatic nitrogens is 1. The molecular formula is C24H25NO5. The molecule has 156 valence electrons. The molecule has 0 saturated heterocycles. The molecule has 0 radical (unpaired) electrons. The molecule has 2 aromatic heterocycles. The van der Waals surface area contributed by atoms with Gasteiger partial charge in [0, 0.05) is 17.0 Å². The second-order valence-electron chi connectivity index (χ2n) is 7.61. The van der Waals surface area contributed by atoms with Crippen molar-refractivity contribution in [1.82, 2.24) is 4.57 Å². The maximum atomic E-state index is 12.6. The van der Waals surface area contributed by atoms with Gasteiger partial charge in [-0.25, -0.2) is 4.79 Å². The van der Waals surface area contributed by atoms with E-state index < -0.39 is 5.97 Å². The Morgan fingerprint density at radius 1 is 1.07 bits per heavy atom. The summed E-state index contributed by atoms with van der Waals surface area (Å²) in [6, 6.07) is 11.4. The van der Waals surface area contributed by atoms with Gasteiger partial charge in [-0.15, -0.1) is 0 Å². The molecule has 4 rings (SSSR count). The minimum atomic E-state index is -0.562. The number of hydrogen-bond acceptors (Lipinski definition) is 5. The van der Waals surface area contributed by atoms with Gasteiger partial charge in [-0.2, -0.15) is 0 Å². The number of carbonyl (C=O) groups excluding carboxylic acids is 2. The second kappa shape index (κ2) is 8.61. The molecule has 6 nitrogen and oxygen atoms in total. The van der Waals surface area contributed by atoms with Crippen molar-refractivity contribution in [2.45, 2.75) is 39.7 Å². The highest BCUT2D eigenvalue weighted by atomic mass is 16.6. The van der Waals surface area contributed by atoms with Crippen molar-refractivity contribution in [1.29, 1.82) is 0 Å². The van der Waals surface area contributed by atoms with E-state index in [9.17, 15) is 9.59 Å². The van der Waals surface area contributed by atoms with Crippen LogP contribution in [0.4, 0.5) is 0 Å². The van der Waals surface area contributed by atoms with Gasteiger partial charge < -0.3 is 18.5 Å². The minimum absolute atomic E-state index is 0.219. The van der Waals surface area contributed by atoms with Gasteiger partial charge in [0.1, 0.15) is 11.5 Å². The van der Waals surface area contributed by atoms with Crippen LogP contribution in [0.2, 0.25) is 0 Å². The number of hydrogen-bond donors (Lipinski definition) is 0. The predicted octanol–water partition coefficient (Wildman–Crippen LogP) is 4.04. The maximum absolute atomic E-state index is 12.6. The lowest BCUT2D eigenvalue weighted by Crippen LogP contribution is -2.20. The van der Waals surface area contributed by atoms with Gasteiger partial charge >= 0.3 is 5.97 Å². The average Bonchev–Trinajstić information content (AvgIpc) is 3.47. The highest BCUT2D eigenvalue weighted by molar-refractivity contribution is 5.99. The maximum Gasteiger partial charge on any atom is 0.344 e. The summed E-state index contributed by atoms with van der Waals surface area (Å²) in [4.78, 5) is 24.6. The summed E-state index contributed by atoms with van der Waals surface area (Å²) in [6.45, 7) is 3.83. The van der Waals surface area contributed by atoms with E-state index in [4.69, 9.17) is 13.9 Å². The van der Waals surface area contributed by atoms with Crippen molar-refractivity contribution in [3.05, 3.63) is 76.5 Å². The number of ketones is 1. The molecule has 1 aliphatic rings. The molecule has 0 amide bonds. The fourth-order valence-corrected chi connectivity index (χ4v) is 3.93. The zero-order chi connectivity index (χ0) is 21.1. The Kier molecular flexibility index (Phi) is 5.74. The predicted molar refractivity (Wildman–Crippen MR) is 111 cm³/mol. The van der Waals surface area contributed by atoms with E-state index in [1.807, 2.05) is 54.8 Å². The number of nitrogens with zero attached hydrogens (tertiary/aromatic N) is 1. The molecular weight excluding hydrogens is 382 g/mol. The Bertz CT molecular complexity index is 1060. The van der Waals surface area contributed by atoms with Crippen molar-refractivity contribution in [3.63, 3.8) is 0 Å². The molecule has 0 N–H and O–H groups in total. The molecule has 0 fully saturated rings. The Morgan fingerprint density at radius 3 is 2.70 bits per heavy atom. The van der Waals surface area contributed by atoms with Crippen LogP contribution in [0, 0.1) is 13.8 Å². The lowest BCUT2D eigenvalue weighted by atomic mass is 10.1. The molecule has 30 heavy (non-hydrogen) atoms. The van der Waals surface area contributed by atoms with E-state index in [0.717, 1.165) is 36.4 Å². The quantitative estimate of drug-likeness (QED) is 0.416. The highest BCUT2D eigenvalue weighted by Gasteiger charge is 2.18.